The molecule has 0 amide bonds. The third-order valence-electron chi connectivity index (χ3n) is 2.88. The summed E-state index contributed by atoms with van der Waals surface area (Å²) in [5.74, 6) is 0. The van der Waals surface area contributed by atoms with Gasteiger partial charge in [-0.05, 0) is 54.4 Å². The zero-order valence-corrected chi connectivity index (χ0v) is 14.8. The van der Waals surface area contributed by atoms with Gasteiger partial charge >= 0.3 is 7.60 Å². The predicted molar refractivity (Wildman–Crippen MR) is 83.3 cm³/mol. The Morgan fingerprint density at radius 2 is 1.50 bits per heavy atom. The minimum absolute atomic E-state index is 0.234. The van der Waals surface area contributed by atoms with E-state index in [0.29, 0.717) is 32.4 Å². The van der Waals surface area contributed by atoms with Crippen LogP contribution in [0.3, 0.4) is 0 Å². The molecule has 5 nitrogen and oxygen atoms in total. The molecule has 0 aromatic rings. The molecule has 0 rings (SSSR count). The van der Waals surface area contributed by atoms with Gasteiger partial charge in [0.25, 0.3) is 0 Å². The molecule has 0 heterocycles. The van der Waals surface area contributed by atoms with Crippen molar-refractivity contribution in [3.05, 3.63) is 0 Å². The van der Waals surface area contributed by atoms with Crippen LogP contribution in [0, 0.1) is 0 Å². The molecule has 2 N–H and O–H groups in total. The summed E-state index contributed by atoms with van der Waals surface area (Å²) >= 11 is 0. The van der Waals surface area contributed by atoms with Crippen LogP contribution in [0.4, 0.5) is 0 Å². The minimum atomic E-state index is -2.99. The van der Waals surface area contributed by atoms with Crippen LogP contribution in [0.15, 0.2) is 0 Å². The first-order chi connectivity index (χ1) is 9.04. The fourth-order valence-electron chi connectivity index (χ4n) is 1.63. The van der Waals surface area contributed by atoms with Crippen molar-refractivity contribution in [2.75, 3.05) is 26.0 Å². The summed E-state index contributed by atoms with van der Waals surface area (Å²) in [5, 5.41) is 0. The summed E-state index contributed by atoms with van der Waals surface area (Å²) in [6, 6.07) is 0. The van der Waals surface area contributed by atoms with E-state index < -0.39 is 7.60 Å². The molecule has 0 aromatic carbocycles. The summed E-state index contributed by atoms with van der Waals surface area (Å²) in [5.41, 5.74) is 5.32. The molecule has 20 heavy (non-hydrogen) atoms. The second-order valence-electron chi connectivity index (χ2n) is 6.27. The van der Waals surface area contributed by atoms with Gasteiger partial charge in [0.1, 0.15) is 0 Å². The topological polar surface area (TPSA) is 70.8 Å². The lowest BCUT2D eigenvalue weighted by atomic mass is 10.0. The van der Waals surface area contributed by atoms with Crippen LogP contribution >= 0.6 is 7.60 Å². The molecule has 122 valence electrons. The first-order valence-corrected chi connectivity index (χ1v) is 9.07. The van der Waals surface area contributed by atoms with Crippen molar-refractivity contribution in [1.29, 1.82) is 0 Å². The third-order valence-corrected chi connectivity index (χ3v) is 4.95. The van der Waals surface area contributed by atoms with Gasteiger partial charge in [-0.3, -0.25) is 4.57 Å². The van der Waals surface area contributed by atoms with E-state index in [4.69, 9.17) is 19.5 Å². The molecule has 0 spiro atoms. The molecule has 0 fully saturated rings. The fraction of sp³-hybridized carbons (Fsp3) is 1.00. The highest BCUT2D eigenvalue weighted by atomic mass is 31.2. The molecule has 0 radical (unpaired) electrons. The summed E-state index contributed by atoms with van der Waals surface area (Å²) in [7, 11) is -2.99. The quantitative estimate of drug-likeness (QED) is 0.591. The van der Waals surface area contributed by atoms with Crippen LogP contribution in [0.5, 0.6) is 0 Å². The van der Waals surface area contributed by atoms with Crippen molar-refractivity contribution in [2.45, 2.75) is 65.5 Å². The lowest BCUT2D eigenvalue weighted by Crippen LogP contribution is -2.35. The Balaban J connectivity index is 4.27. The third kappa shape index (κ3) is 9.89. The van der Waals surface area contributed by atoms with Gasteiger partial charge in [-0.1, -0.05) is 0 Å². The van der Waals surface area contributed by atoms with E-state index in [1.165, 1.54) is 0 Å². The van der Waals surface area contributed by atoms with Gasteiger partial charge in [0.15, 0.2) is 0 Å². The first-order valence-electron chi connectivity index (χ1n) is 7.34. The van der Waals surface area contributed by atoms with Crippen LogP contribution in [-0.2, 0) is 18.3 Å². The number of nitrogens with two attached hydrogens (primary N) is 1. The van der Waals surface area contributed by atoms with Crippen LogP contribution in [0.2, 0.25) is 0 Å². The smallest absolute Gasteiger partial charge is 0.330 e. The largest absolute Gasteiger partial charge is 0.375 e. The van der Waals surface area contributed by atoms with Crippen LogP contribution < -0.4 is 5.73 Å². The summed E-state index contributed by atoms with van der Waals surface area (Å²) in [6.07, 6.45) is 1.77. The van der Waals surface area contributed by atoms with Gasteiger partial charge < -0.3 is 19.5 Å². The summed E-state index contributed by atoms with van der Waals surface area (Å²) < 4.78 is 28.8. The molecule has 0 aliphatic carbocycles. The summed E-state index contributed by atoms with van der Waals surface area (Å²) in [6.45, 7) is 12.9. The Morgan fingerprint density at radius 1 is 1.00 bits per heavy atom. The maximum atomic E-state index is 12.4. The van der Waals surface area contributed by atoms with E-state index in [-0.39, 0.29) is 11.1 Å². The van der Waals surface area contributed by atoms with Crippen molar-refractivity contribution < 1.29 is 18.3 Å². The van der Waals surface area contributed by atoms with Crippen LogP contribution in [-0.4, -0.2) is 37.1 Å². The average molecular weight is 309 g/mol. The van der Waals surface area contributed by atoms with Gasteiger partial charge in [0.05, 0.1) is 25.0 Å². The van der Waals surface area contributed by atoms with Gasteiger partial charge in [-0.15, -0.1) is 0 Å². The Kier molecular flexibility index (Phi) is 8.53. The van der Waals surface area contributed by atoms with Crippen LogP contribution in [0.1, 0.15) is 54.4 Å². The number of hydrogen-bond acceptors (Lipinski definition) is 5. The monoisotopic (exact) mass is 309 g/mol. The molecule has 0 aromatic heterocycles. The number of rotatable bonds is 11. The zero-order chi connectivity index (χ0) is 15.9. The van der Waals surface area contributed by atoms with E-state index in [2.05, 4.69) is 0 Å². The fourth-order valence-corrected chi connectivity index (χ4v) is 3.56. The number of hydrogen-bond donors (Lipinski definition) is 1. The lowest BCUT2D eigenvalue weighted by Gasteiger charge is -2.29. The summed E-state index contributed by atoms with van der Waals surface area (Å²) in [4.78, 5) is 0. The first kappa shape index (κ1) is 20.1. The highest BCUT2D eigenvalue weighted by molar-refractivity contribution is 7.53. The minimum Gasteiger partial charge on any atom is -0.375 e. The Labute approximate surface area is 124 Å². The Hall–Kier alpha value is 0.0700. The normalized spacial score (nSPS) is 13.8. The Bertz CT molecular complexity index is 303. The van der Waals surface area contributed by atoms with Crippen molar-refractivity contribution in [3.8, 4) is 0 Å². The van der Waals surface area contributed by atoms with Crippen molar-refractivity contribution in [1.82, 2.24) is 0 Å². The second-order valence-corrected chi connectivity index (χ2v) is 8.45. The van der Waals surface area contributed by atoms with E-state index in [1.54, 1.807) is 0 Å². The second kappa shape index (κ2) is 8.50. The molecule has 0 aliphatic heterocycles. The van der Waals surface area contributed by atoms with E-state index >= 15 is 0 Å². The molecule has 0 saturated heterocycles. The van der Waals surface area contributed by atoms with E-state index in [9.17, 15) is 4.57 Å². The maximum absolute atomic E-state index is 12.4. The predicted octanol–water partition coefficient (Wildman–Crippen LogP) is 3.57. The van der Waals surface area contributed by atoms with Crippen LogP contribution in [0.25, 0.3) is 0 Å². The number of ether oxygens (including phenoxy) is 1. The standard InChI is InChI=1S/C14H32NO4P/c1-7-18-20(16,19-8-2)12-10-14(5,6)17-11-9-13(3,4)15/h7-12,15H2,1-6H3. The lowest BCUT2D eigenvalue weighted by molar-refractivity contribution is -0.0262. The maximum Gasteiger partial charge on any atom is 0.330 e. The van der Waals surface area contributed by atoms with Crippen molar-refractivity contribution in [2.24, 2.45) is 5.73 Å². The average Bonchev–Trinajstić information content (AvgIpc) is 2.25. The highest BCUT2D eigenvalue weighted by Gasteiger charge is 2.29. The SMILES string of the molecule is CCOP(=O)(CCC(C)(C)OCCC(C)(C)N)OCC. The molecule has 6 heteroatoms. The molecule has 0 unspecified atom stereocenters. The van der Waals surface area contributed by atoms with Crippen molar-refractivity contribution in [3.63, 3.8) is 0 Å². The Morgan fingerprint density at radius 3 is 1.90 bits per heavy atom. The van der Waals surface area contributed by atoms with E-state index in [0.717, 1.165) is 6.42 Å². The van der Waals surface area contributed by atoms with Gasteiger partial charge in [0, 0.05) is 12.1 Å². The molecule has 0 aliphatic rings. The molecule has 0 saturated carbocycles. The van der Waals surface area contributed by atoms with E-state index in [1.807, 2.05) is 41.5 Å². The van der Waals surface area contributed by atoms with Gasteiger partial charge in [0.2, 0.25) is 0 Å². The highest BCUT2D eigenvalue weighted by Crippen LogP contribution is 2.49. The zero-order valence-electron chi connectivity index (χ0n) is 13.9. The molecule has 0 bridgehead atoms. The molecular formula is C14H32NO4P. The van der Waals surface area contributed by atoms with Crippen molar-refractivity contribution >= 4 is 7.60 Å². The molecular weight excluding hydrogens is 277 g/mol. The van der Waals surface area contributed by atoms with Gasteiger partial charge in [-0.2, -0.15) is 0 Å². The van der Waals surface area contributed by atoms with Gasteiger partial charge in [-0.25, -0.2) is 0 Å². The molecule has 0 atom stereocenters.